The quantitative estimate of drug-likeness (QED) is 0.600. The zero-order chi connectivity index (χ0) is 18.1. The summed E-state index contributed by atoms with van der Waals surface area (Å²) >= 11 is 12.1. The number of halogens is 2. The molecule has 1 amide bonds. The van der Waals surface area contributed by atoms with Crippen molar-refractivity contribution in [2.24, 2.45) is 10.2 Å². The number of azo groups is 1. The van der Waals surface area contributed by atoms with Crippen LogP contribution in [0.4, 0.5) is 5.69 Å². The first kappa shape index (κ1) is 16.9. The number of aromatic amines is 2. The van der Waals surface area contributed by atoms with E-state index in [1.807, 2.05) is 4.98 Å². The number of benzene rings is 1. The van der Waals surface area contributed by atoms with Crippen LogP contribution in [0.2, 0.25) is 10.0 Å². The van der Waals surface area contributed by atoms with Crippen LogP contribution in [0, 0.1) is 0 Å². The minimum absolute atomic E-state index is 0.0512. The third-order valence-corrected chi connectivity index (χ3v) is 3.90. The molecule has 0 aliphatic carbocycles. The van der Waals surface area contributed by atoms with Crippen molar-refractivity contribution >= 4 is 45.7 Å². The molecule has 0 radical (unpaired) electrons. The highest BCUT2D eigenvalue weighted by Crippen LogP contribution is 2.42. The van der Waals surface area contributed by atoms with Crippen molar-refractivity contribution in [1.29, 1.82) is 0 Å². The fraction of sp³-hybridized carbons (Fsp3) is 0.0714. The monoisotopic (exact) mass is 381 g/mol. The maximum atomic E-state index is 11.9. The van der Waals surface area contributed by atoms with E-state index in [0.717, 1.165) is 16.8 Å². The first-order chi connectivity index (χ1) is 11.9. The molecule has 9 nitrogen and oxygen atoms in total. The number of H-pyrrole nitrogens is 2. The van der Waals surface area contributed by atoms with Gasteiger partial charge in [0.2, 0.25) is 5.88 Å². The molecule has 3 aromatic rings. The van der Waals surface area contributed by atoms with Crippen LogP contribution in [0.25, 0.3) is 10.9 Å². The molecule has 0 fully saturated rings. The number of hydrogen-bond acceptors (Lipinski definition) is 5. The van der Waals surface area contributed by atoms with Crippen molar-refractivity contribution in [3.63, 3.8) is 0 Å². The van der Waals surface area contributed by atoms with Gasteiger partial charge in [0.15, 0.2) is 5.69 Å². The number of amides is 1. The van der Waals surface area contributed by atoms with Crippen LogP contribution < -0.4 is 11.2 Å². The van der Waals surface area contributed by atoms with Gasteiger partial charge in [0.1, 0.15) is 6.54 Å². The van der Waals surface area contributed by atoms with E-state index in [-0.39, 0.29) is 16.6 Å². The Labute approximate surface area is 148 Å². The van der Waals surface area contributed by atoms with Gasteiger partial charge in [0.05, 0.1) is 20.9 Å². The molecule has 0 spiro atoms. The summed E-state index contributed by atoms with van der Waals surface area (Å²) in [6.45, 7) is -0.434. The van der Waals surface area contributed by atoms with Gasteiger partial charge in [-0.2, -0.15) is 0 Å². The van der Waals surface area contributed by atoms with Gasteiger partial charge < -0.3 is 10.1 Å². The van der Waals surface area contributed by atoms with Crippen LogP contribution in [0.15, 0.2) is 44.2 Å². The molecule has 25 heavy (non-hydrogen) atoms. The van der Waals surface area contributed by atoms with Gasteiger partial charge in [-0.05, 0) is 12.1 Å². The number of nitrogens with one attached hydrogen (secondary N) is 2. The van der Waals surface area contributed by atoms with Gasteiger partial charge in [0.25, 0.3) is 11.5 Å². The molecular formula is C14H9Cl2N5O4. The lowest BCUT2D eigenvalue weighted by atomic mass is 10.2. The number of nitrogens with zero attached hydrogens (tertiary/aromatic N) is 3. The first-order valence-corrected chi connectivity index (χ1v) is 7.55. The van der Waals surface area contributed by atoms with Crippen molar-refractivity contribution in [3.05, 3.63) is 55.3 Å². The molecule has 3 rings (SSSR count). The van der Waals surface area contributed by atoms with Crippen molar-refractivity contribution in [3.8, 4) is 5.88 Å². The van der Waals surface area contributed by atoms with Crippen molar-refractivity contribution in [2.75, 3.05) is 0 Å². The zero-order valence-electron chi connectivity index (χ0n) is 12.3. The van der Waals surface area contributed by atoms with Gasteiger partial charge in [0, 0.05) is 12.3 Å². The fourth-order valence-corrected chi connectivity index (χ4v) is 2.60. The first-order valence-electron chi connectivity index (χ1n) is 6.80. The molecule has 0 atom stereocenters. The molecule has 0 saturated carbocycles. The lowest BCUT2D eigenvalue weighted by Crippen LogP contribution is -2.30. The van der Waals surface area contributed by atoms with E-state index in [1.54, 1.807) is 0 Å². The molecule has 128 valence electrons. The lowest BCUT2D eigenvalue weighted by Gasteiger charge is -1.99. The Morgan fingerprint density at radius 2 is 1.88 bits per heavy atom. The Morgan fingerprint density at radius 1 is 1.16 bits per heavy atom. The fourth-order valence-electron chi connectivity index (χ4n) is 2.15. The zero-order valence-corrected chi connectivity index (χ0v) is 13.8. The average molecular weight is 382 g/mol. The number of carbonyl (C=O) groups excluding carboxylic acids is 1. The van der Waals surface area contributed by atoms with E-state index in [1.165, 1.54) is 12.1 Å². The largest absolute Gasteiger partial charge is 0.493 e. The van der Waals surface area contributed by atoms with E-state index in [0.29, 0.717) is 15.9 Å². The third-order valence-electron chi connectivity index (χ3n) is 3.27. The highest BCUT2D eigenvalue weighted by molar-refractivity contribution is 6.41. The van der Waals surface area contributed by atoms with Crippen LogP contribution in [-0.2, 0) is 11.3 Å². The normalized spacial score (nSPS) is 11.4. The van der Waals surface area contributed by atoms with E-state index in [2.05, 4.69) is 15.2 Å². The minimum Gasteiger partial charge on any atom is -0.493 e. The summed E-state index contributed by atoms with van der Waals surface area (Å²) in [5.74, 6) is -1.14. The average Bonchev–Trinajstić information content (AvgIpc) is 2.89. The second kappa shape index (κ2) is 6.54. The SMILES string of the molecule is O=C(Cn1ccc(=O)[nH]c1=O)N=Nc1c(O)[nH]c2c(Cl)ccc(Cl)c12. The van der Waals surface area contributed by atoms with Gasteiger partial charge in [-0.25, -0.2) is 4.79 Å². The molecule has 2 heterocycles. The number of carbonyl (C=O) groups is 1. The van der Waals surface area contributed by atoms with Crippen LogP contribution in [0.5, 0.6) is 5.88 Å². The lowest BCUT2D eigenvalue weighted by molar-refractivity contribution is -0.118. The number of fused-ring (bicyclic) bond motifs is 1. The number of rotatable bonds is 3. The summed E-state index contributed by atoms with van der Waals surface area (Å²) in [7, 11) is 0. The van der Waals surface area contributed by atoms with Gasteiger partial charge in [-0.15, -0.1) is 10.2 Å². The van der Waals surface area contributed by atoms with E-state index in [4.69, 9.17) is 23.2 Å². The molecule has 0 aliphatic rings. The Hall–Kier alpha value is -2.91. The van der Waals surface area contributed by atoms with E-state index >= 15 is 0 Å². The Balaban J connectivity index is 1.92. The molecule has 3 N–H and O–H groups in total. The maximum absolute atomic E-state index is 11.9. The van der Waals surface area contributed by atoms with Crippen LogP contribution in [0.3, 0.4) is 0 Å². The smallest absolute Gasteiger partial charge is 0.328 e. The molecule has 1 aromatic carbocycles. The number of aromatic nitrogens is 3. The number of hydrogen-bond donors (Lipinski definition) is 3. The summed E-state index contributed by atoms with van der Waals surface area (Å²) < 4.78 is 0.960. The second-order valence-corrected chi connectivity index (χ2v) is 5.75. The van der Waals surface area contributed by atoms with Crippen LogP contribution >= 0.6 is 23.2 Å². The van der Waals surface area contributed by atoms with Crippen LogP contribution in [-0.4, -0.2) is 25.5 Å². The highest BCUT2D eigenvalue weighted by atomic mass is 35.5. The predicted molar refractivity (Wildman–Crippen MR) is 90.8 cm³/mol. The van der Waals surface area contributed by atoms with Crippen LogP contribution in [0.1, 0.15) is 0 Å². The molecule has 0 unspecified atom stereocenters. The molecule has 0 saturated heterocycles. The molecule has 0 bridgehead atoms. The molecule has 2 aromatic heterocycles. The second-order valence-electron chi connectivity index (χ2n) is 4.93. The Kier molecular flexibility index (Phi) is 4.43. The van der Waals surface area contributed by atoms with Crippen molar-refractivity contribution in [1.82, 2.24) is 14.5 Å². The summed E-state index contributed by atoms with van der Waals surface area (Å²) in [6.07, 6.45) is 1.16. The standard InChI is InChI=1S/C14H9Cl2N5O4/c15-6-1-2-7(16)11-10(6)12(13(24)18-11)20-19-9(23)5-21-4-3-8(22)17-14(21)25/h1-4,18,24H,5H2,(H,17,22,25). The van der Waals surface area contributed by atoms with Crippen molar-refractivity contribution in [2.45, 2.75) is 6.54 Å². The van der Waals surface area contributed by atoms with Gasteiger partial charge >= 0.3 is 5.69 Å². The van der Waals surface area contributed by atoms with E-state index in [9.17, 15) is 19.5 Å². The minimum atomic E-state index is -0.777. The Morgan fingerprint density at radius 3 is 2.60 bits per heavy atom. The highest BCUT2D eigenvalue weighted by Gasteiger charge is 2.16. The molecule has 0 aliphatic heterocycles. The summed E-state index contributed by atoms with van der Waals surface area (Å²) in [5.41, 5.74) is -1.03. The maximum Gasteiger partial charge on any atom is 0.328 e. The van der Waals surface area contributed by atoms with Crippen molar-refractivity contribution < 1.29 is 9.90 Å². The summed E-state index contributed by atoms with van der Waals surface area (Å²) in [4.78, 5) is 39.0. The summed E-state index contributed by atoms with van der Waals surface area (Å²) in [5, 5.41) is 18.0. The van der Waals surface area contributed by atoms with Gasteiger partial charge in [-0.1, -0.05) is 23.2 Å². The third kappa shape index (κ3) is 3.32. The topological polar surface area (TPSA) is 133 Å². The van der Waals surface area contributed by atoms with E-state index < -0.39 is 23.7 Å². The predicted octanol–water partition coefficient (Wildman–Crippen LogP) is 2.34. The molecule has 11 heteroatoms. The Bertz CT molecular complexity index is 1130. The number of aromatic hydroxyl groups is 1. The molecular weight excluding hydrogens is 373 g/mol. The summed E-state index contributed by atoms with van der Waals surface area (Å²) in [6, 6.07) is 4.15. The van der Waals surface area contributed by atoms with Gasteiger partial charge in [-0.3, -0.25) is 19.1 Å².